The van der Waals surface area contributed by atoms with E-state index < -0.39 is 12.9 Å². The molecule has 1 fully saturated rings. The van der Waals surface area contributed by atoms with E-state index in [0.29, 0.717) is 18.1 Å². The van der Waals surface area contributed by atoms with Gasteiger partial charge in [-0.2, -0.15) is 0 Å². The van der Waals surface area contributed by atoms with Crippen LogP contribution in [-0.2, 0) is 11.3 Å². The number of halogens is 1. The standard InChI is InChI=1S/C11H14BFO3/c13-11-5-10(12(14)15)4-3-9(11)7-16-6-8-1-2-8/h3-5,8,14-15H,1-2,6-7H2. The normalized spacial score (nSPS) is 15.2. The number of ether oxygens (including phenoxy) is 1. The highest BCUT2D eigenvalue weighted by molar-refractivity contribution is 6.58. The van der Waals surface area contributed by atoms with E-state index in [1.54, 1.807) is 0 Å². The molecule has 86 valence electrons. The third-order valence-corrected chi connectivity index (χ3v) is 2.68. The Hall–Kier alpha value is -0.905. The van der Waals surface area contributed by atoms with E-state index in [1.807, 2.05) is 0 Å². The molecule has 0 spiro atoms. The van der Waals surface area contributed by atoms with Crippen LogP contribution in [0.1, 0.15) is 18.4 Å². The van der Waals surface area contributed by atoms with Gasteiger partial charge in [0.2, 0.25) is 0 Å². The Bertz CT molecular complexity index is 366. The van der Waals surface area contributed by atoms with Crippen molar-refractivity contribution in [2.24, 2.45) is 5.92 Å². The van der Waals surface area contributed by atoms with Crippen molar-refractivity contribution in [2.75, 3.05) is 6.61 Å². The van der Waals surface area contributed by atoms with E-state index in [0.717, 1.165) is 6.07 Å². The third-order valence-electron chi connectivity index (χ3n) is 2.68. The van der Waals surface area contributed by atoms with Crippen LogP contribution < -0.4 is 5.46 Å². The minimum atomic E-state index is -1.63. The van der Waals surface area contributed by atoms with Crippen molar-refractivity contribution in [1.29, 1.82) is 0 Å². The Morgan fingerprint density at radius 2 is 2.12 bits per heavy atom. The molecule has 0 bridgehead atoms. The molecular formula is C11H14BFO3. The van der Waals surface area contributed by atoms with Crippen LogP contribution in [0.25, 0.3) is 0 Å². The zero-order valence-electron chi connectivity index (χ0n) is 8.90. The average molecular weight is 224 g/mol. The maximum atomic E-state index is 13.4. The maximum Gasteiger partial charge on any atom is 0.488 e. The van der Waals surface area contributed by atoms with Crippen LogP contribution in [0.2, 0.25) is 0 Å². The Balaban J connectivity index is 1.92. The zero-order chi connectivity index (χ0) is 11.5. The predicted octanol–water partition coefficient (Wildman–Crippen LogP) is 0.432. The molecule has 16 heavy (non-hydrogen) atoms. The molecule has 2 rings (SSSR count). The second-order valence-corrected chi connectivity index (χ2v) is 4.18. The van der Waals surface area contributed by atoms with E-state index in [9.17, 15) is 4.39 Å². The zero-order valence-corrected chi connectivity index (χ0v) is 8.90. The molecule has 1 aromatic carbocycles. The molecule has 0 heterocycles. The third kappa shape index (κ3) is 3.04. The fraction of sp³-hybridized carbons (Fsp3) is 0.455. The molecule has 3 nitrogen and oxygen atoms in total. The molecule has 1 aliphatic carbocycles. The highest BCUT2D eigenvalue weighted by Crippen LogP contribution is 2.29. The molecule has 1 saturated carbocycles. The fourth-order valence-electron chi connectivity index (χ4n) is 1.46. The Morgan fingerprint density at radius 3 is 2.69 bits per heavy atom. The minimum Gasteiger partial charge on any atom is -0.423 e. The van der Waals surface area contributed by atoms with Gasteiger partial charge in [0.15, 0.2) is 0 Å². The molecule has 0 atom stereocenters. The summed E-state index contributed by atoms with van der Waals surface area (Å²) in [6.07, 6.45) is 2.41. The molecule has 0 aromatic heterocycles. The van der Waals surface area contributed by atoms with Crippen molar-refractivity contribution in [1.82, 2.24) is 0 Å². The second kappa shape index (κ2) is 4.95. The van der Waals surface area contributed by atoms with Crippen LogP contribution in [-0.4, -0.2) is 23.8 Å². The lowest BCUT2D eigenvalue weighted by Gasteiger charge is -2.06. The van der Waals surface area contributed by atoms with Gasteiger partial charge < -0.3 is 14.8 Å². The van der Waals surface area contributed by atoms with Crippen LogP contribution in [0.5, 0.6) is 0 Å². The molecule has 1 aromatic rings. The van der Waals surface area contributed by atoms with Crippen molar-refractivity contribution in [3.05, 3.63) is 29.6 Å². The average Bonchev–Trinajstić information content (AvgIpc) is 3.04. The molecule has 0 saturated heterocycles. The van der Waals surface area contributed by atoms with E-state index in [2.05, 4.69) is 0 Å². The van der Waals surface area contributed by atoms with Gasteiger partial charge in [0.1, 0.15) is 5.82 Å². The topological polar surface area (TPSA) is 49.7 Å². The second-order valence-electron chi connectivity index (χ2n) is 4.18. The Morgan fingerprint density at radius 1 is 1.38 bits per heavy atom. The first-order valence-corrected chi connectivity index (χ1v) is 5.39. The monoisotopic (exact) mass is 224 g/mol. The summed E-state index contributed by atoms with van der Waals surface area (Å²) < 4.78 is 18.8. The molecule has 0 aliphatic heterocycles. The van der Waals surface area contributed by atoms with Gasteiger partial charge in [0, 0.05) is 12.2 Å². The molecular weight excluding hydrogens is 210 g/mol. The smallest absolute Gasteiger partial charge is 0.423 e. The summed E-state index contributed by atoms with van der Waals surface area (Å²) in [5.41, 5.74) is 0.605. The van der Waals surface area contributed by atoms with Crippen molar-refractivity contribution in [3.8, 4) is 0 Å². The summed E-state index contributed by atoms with van der Waals surface area (Å²) in [7, 11) is -1.63. The highest BCUT2D eigenvalue weighted by atomic mass is 19.1. The van der Waals surface area contributed by atoms with Gasteiger partial charge in [0.25, 0.3) is 0 Å². The summed E-state index contributed by atoms with van der Waals surface area (Å²) in [6, 6.07) is 4.14. The van der Waals surface area contributed by atoms with E-state index in [4.69, 9.17) is 14.8 Å². The first kappa shape index (κ1) is 11.6. The largest absolute Gasteiger partial charge is 0.488 e. The number of rotatable bonds is 5. The quantitative estimate of drug-likeness (QED) is 0.713. The SMILES string of the molecule is OB(O)c1ccc(COCC2CC2)c(F)c1. The Labute approximate surface area is 94.0 Å². The molecule has 0 unspecified atom stereocenters. The number of hydrogen-bond donors (Lipinski definition) is 2. The van der Waals surface area contributed by atoms with Crippen LogP contribution in [0, 0.1) is 11.7 Å². The van der Waals surface area contributed by atoms with Crippen LogP contribution in [0.4, 0.5) is 4.39 Å². The van der Waals surface area contributed by atoms with Gasteiger partial charge in [-0.1, -0.05) is 12.1 Å². The minimum absolute atomic E-state index is 0.156. The van der Waals surface area contributed by atoms with Gasteiger partial charge >= 0.3 is 7.12 Å². The van der Waals surface area contributed by atoms with Crippen molar-refractivity contribution < 1.29 is 19.2 Å². The number of hydrogen-bond acceptors (Lipinski definition) is 3. The Kier molecular flexibility index (Phi) is 3.58. The first-order chi connectivity index (χ1) is 7.66. The molecule has 2 N–H and O–H groups in total. The number of benzene rings is 1. The van der Waals surface area contributed by atoms with Gasteiger partial charge in [-0.15, -0.1) is 0 Å². The van der Waals surface area contributed by atoms with Gasteiger partial charge in [-0.05, 0) is 30.3 Å². The van der Waals surface area contributed by atoms with Crippen molar-refractivity contribution in [2.45, 2.75) is 19.4 Å². The van der Waals surface area contributed by atoms with Gasteiger partial charge in [-0.3, -0.25) is 0 Å². The van der Waals surface area contributed by atoms with Crippen LogP contribution >= 0.6 is 0 Å². The summed E-state index contributed by atoms with van der Waals surface area (Å²) in [5.74, 6) is 0.197. The lowest BCUT2D eigenvalue weighted by Crippen LogP contribution is -2.30. The molecule has 0 amide bonds. The van der Waals surface area contributed by atoms with Crippen LogP contribution in [0.15, 0.2) is 18.2 Å². The predicted molar refractivity (Wildman–Crippen MR) is 58.6 cm³/mol. The molecule has 5 heteroatoms. The molecule has 1 aliphatic rings. The summed E-state index contributed by atoms with van der Waals surface area (Å²) in [6.45, 7) is 0.925. The van der Waals surface area contributed by atoms with Crippen LogP contribution in [0.3, 0.4) is 0 Å². The maximum absolute atomic E-state index is 13.4. The highest BCUT2D eigenvalue weighted by Gasteiger charge is 2.21. The van der Waals surface area contributed by atoms with Gasteiger partial charge in [0.05, 0.1) is 6.61 Å². The van der Waals surface area contributed by atoms with Crippen molar-refractivity contribution in [3.63, 3.8) is 0 Å². The fourth-order valence-corrected chi connectivity index (χ4v) is 1.46. The molecule has 0 radical (unpaired) electrons. The van der Waals surface area contributed by atoms with Gasteiger partial charge in [-0.25, -0.2) is 4.39 Å². The summed E-state index contributed by atoms with van der Waals surface area (Å²) >= 11 is 0. The summed E-state index contributed by atoms with van der Waals surface area (Å²) in [4.78, 5) is 0. The first-order valence-electron chi connectivity index (χ1n) is 5.39. The van der Waals surface area contributed by atoms with E-state index >= 15 is 0 Å². The van der Waals surface area contributed by atoms with Crippen molar-refractivity contribution >= 4 is 12.6 Å². The van der Waals surface area contributed by atoms with E-state index in [1.165, 1.54) is 25.0 Å². The van der Waals surface area contributed by atoms with E-state index in [-0.39, 0.29) is 12.1 Å². The summed E-state index contributed by atoms with van der Waals surface area (Å²) in [5, 5.41) is 17.7. The lowest BCUT2D eigenvalue weighted by molar-refractivity contribution is 0.109. The lowest BCUT2D eigenvalue weighted by atomic mass is 9.80.